The van der Waals surface area contributed by atoms with Gasteiger partial charge in [-0.15, -0.1) is 0 Å². The number of hydrogen-bond acceptors (Lipinski definition) is 6. The Hall–Kier alpha value is -2.65. The molecule has 1 N–H and O–H groups in total. The van der Waals surface area contributed by atoms with Crippen molar-refractivity contribution < 1.29 is 23.9 Å². The highest BCUT2D eigenvalue weighted by Gasteiger charge is 2.32. The van der Waals surface area contributed by atoms with Crippen molar-refractivity contribution in [2.75, 3.05) is 64.4 Å². The van der Waals surface area contributed by atoms with Gasteiger partial charge >= 0.3 is 0 Å². The van der Waals surface area contributed by atoms with E-state index in [4.69, 9.17) is 9.47 Å². The maximum absolute atomic E-state index is 12.7. The summed E-state index contributed by atoms with van der Waals surface area (Å²) in [6.45, 7) is 6.11. The summed E-state index contributed by atoms with van der Waals surface area (Å²) in [7, 11) is 1.64. The first-order valence-corrected chi connectivity index (χ1v) is 10.8. The molecule has 0 bridgehead atoms. The molecule has 1 atom stereocenters. The molecule has 1 aromatic carbocycles. The molecule has 2 aliphatic heterocycles. The van der Waals surface area contributed by atoms with Gasteiger partial charge in [-0.25, -0.2) is 0 Å². The number of hydrogen-bond donors (Lipinski definition) is 1. The average molecular weight is 433 g/mol. The lowest BCUT2D eigenvalue weighted by molar-refractivity contribution is -0.133. The van der Waals surface area contributed by atoms with Crippen LogP contribution in [0.5, 0.6) is 5.75 Å². The van der Waals surface area contributed by atoms with E-state index in [9.17, 15) is 14.4 Å². The van der Waals surface area contributed by atoms with Crippen LogP contribution in [0.1, 0.15) is 19.8 Å². The number of ether oxygens (including phenoxy) is 2. The Labute approximate surface area is 183 Å². The normalized spacial score (nSPS) is 19.0. The van der Waals surface area contributed by atoms with Crippen LogP contribution in [0.3, 0.4) is 0 Å². The largest absolute Gasteiger partial charge is 0.479 e. The lowest BCUT2D eigenvalue weighted by Gasteiger charge is -2.36. The first-order valence-electron chi connectivity index (χ1n) is 10.8. The molecule has 9 nitrogen and oxygen atoms in total. The third kappa shape index (κ3) is 6.18. The lowest BCUT2D eigenvalue weighted by Crippen LogP contribution is -2.52. The second kappa shape index (κ2) is 11.1. The van der Waals surface area contributed by atoms with Crippen molar-refractivity contribution in [3.05, 3.63) is 24.3 Å². The molecular formula is C22H32N4O5. The summed E-state index contributed by atoms with van der Waals surface area (Å²) in [5.74, 6) is 0.548. The second-order valence-corrected chi connectivity index (χ2v) is 7.82. The standard InChI is InChI=1S/C22H32N4O5/c1-17-22(29)26(18-6-3-4-7-19(18)31-17)10-8-21(28)25-13-11-24(12-14-25)16-20(27)23-9-5-15-30-2/h3-4,6-7,17H,5,8-16H2,1-2H3,(H,23,27). The van der Waals surface area contributed by atoms with Gasteiger partial charge in [-0.05, 0) is 25.5 Å². The lowest BCUT2D eigenvalue weighted by atomic mass is 10.1. The number of anilines is 1. The van der Waals surface area contributed by atoms with Crippen LogP contribution in [0.25, 0.3) is 0 Å². The van der Waals surface area contributed by atoms with Crippen molar-refractivity contribution in [3.8, 4) is 5.75 Å². The Morgan fingerprint density at radius 1 is 1.19 bits per heavy atom. The number of carbonyl (C=O) groups is 3. The van der Waals surface area contributed by atoms with E-state index < -0.39 is 6.10 Å². The number of benzene rings is 1. The molecule has 31 heavy (non-hydrogen) atoms. The first kappa shape index (κ1) is 23.0. The zero-order valence-corrected chi connectivity index (χ0v) is 18.3. The molecule has 9 heteroatoms. The Morgan fingerprint density at radius 3 is 2.68 bits per heavy atom. The summed E-state index contributed by atoms with van der Waals surface area (Å²) in [5.41, 5.74) is 0.708. The van der Waals surface area contributed by atoms with Gasteiger partial charge in [-0.1, -0.05) is 12.1 Å². The fourth-order valence-corrected chi connectivity index (χ4v) is 3.81. The third-order valence-corrected chi connectivity index (χ3v) is 5.56. The molecule has 3 amide bonds. The van der Waals surface area contributed by atoms with Gasteiger partial charge in [0.1, 0.15) is 5.75 Å². The van der Waals surface area contributed by atoms with Gasteiger partial charge in [0, 0.05) is 59.4 Å². The minimum Gasteiger partial charge on any atom is -0.479 e. The molecular weight excluding hydrogens is 400 g/mol. The van der Waals surface area contributed by atoms with Crippen molar-refractivity contribution in [2.45, 2.75) is 25.9 Å². The SMILES string of the molecule is COCCCNC(=O)CN1CCN(C(=O)CCN2C(=O)C(C)Oc3ccccc32)CC1. The number of methoxy groups -OCH3 is 1. The number of rotatable bonds is 9. The van der Waals surface area contributed by atoms with Gasteiger partial charge < -0.3 is 24.6 Å². The smallest absolute Gasteiger partial charge is 0.267 e. The maximum atomic E-state index is 12.7. The van der Waals surface area contributed by atoms with Crippen molar-refractivity contribution in [3.63, 3.8) is 0 Å². The second-order valence-electron chi connectivity index (χ2n) is 7.82. The molecule has 0 radical (unpaired) electrons. The van der Waals surface area contributed by atoms with Crippen molar-refractivity contribution in [1.82, 2.24) is 15.1 Å². The fraction of sp³-hybridized carbons (Fsp3) is 0.591. The summed E-state index contributed by atoms with van der Waals surface area (Å²) in [6, 6.07) is 7.39. The number of fused-ring (bicyclic) bond motifs is 1. The molecule has 2 heterocycles. The van der Waals surface area contributed by atoms with Gasteiger partial charge in [-0.3, -0.25) is 19.3 Å². The minimum absolute atomic E-state index is 0.00510. The number of nitrogens with one attached hydrogen (secondary N) is 1. The van der Waals surface area contributed by atoms with E-state index in [-0.39, 0.29) is 24.1 Å². The zero-order valence-electron chi connectivity index (χ0n) is 18.3. The molecule has 2 aliphatic rings. The topological polar surface area (TPSA) is 91.4 Å². The van der Waals surface area contributed by atoms with Crippen LogP contribution in [0.15, 0.2) is 24.3 Å². The molecule has 3 rings (SSSR count). The monoisotopic (exact) mass is 432 g/mol. The molecule has 0 aliphatic carbocycles. The summed E-state index contributed by atoms with van der Waals surface area (Å²) >= 11 is 0. The van der Waals surface area contributed by atoms with E-state index >= 15 is 0 Å². The number of amides is 3. The highest BCUT2D eigenvalue weighted by atomic mass is 16.5. The molecule has 0 spiro atoms. The molecule has 170 valence electrons. The summed E-state index contributed by atoms with van der Waals surface area (Å²) in [4.78, 5) is 42.8. The van der Waals surface area contributed by atoms with Crippen molar-refractivity contribution in [2.24, 2.45) is 0 Å². The van der Waals surface area contributed by atoms with Crippen LogP contribution in [0, 0.1) is 0 Å². The summed E-state index contributed by atoms with van der Waals surface area (Å²) in [5, 5.41) is 2.88. The molecule has 1 unspecified atom stereocenters. The quantitative estimate of drug-likeness (QED) is 0.571. The zero-order chi connectivity index (χ0) is 22.2. The van der Waals surface area contributed by atoms with Crippen LogP contribution < -0.4 is 15.0 Å². The highest BCUT2D eigenvalue weighted by Crippen LogP contribution is 2.33. The number of nitrogens with zero attached hydrogens (tertiary/aromatic N) is 3. The highest BCUT2D eigenvalue weighted by molar-refractivity contribution is 6.00. The third-order valence-electron chi connectivity index (χ3n) is 5.56. The van der Waals surface area contributed by atoms with Gasteiger partial charge in [0.25, 0.3) is 5.91 Å². The molecule has 1 saturated heterocycles. The Kier molecular flexibility index (Phi) is 8.25. The molecule has 0 aromatic heterocycles. The first-order chi connectivity index (χ1) is 15.0. The van der Waals surface area contributed by atoms with E-state index in [0.717, 1.165) is 6.42 Å². The Bertz CT molecular complexity index is 779. The number of piperazine rings is 1. The predicted octanol–water partition coefficient (Wildman–Crippen LogP) is 0.488. The molecule has 1 aromatic rings. The van der Waals surface area contributed by atoms with Gasteiger partial charge in [0.15, 0.2) is 6.10 Å². The maximum Gasteiger partial charge on any atom is 0.267 e. The fourth-order valence-electron chi connectivity index (χ4n) is 3.81. The van der Waals surface area contributed by atoms with E-state index in [0.29, 0.717) is 63.9 Å². The van der Waals surface area contributed by atoms with Crippen LogP contribution >= 0.6 is 0 Å². The summed E-state index contributed by atoms with van der Waals surface area (Å²) in [6.07, 6.45) is 0.487. The van der Waals surface area contributed by atoms with E-state index in [1.807, 2.05) is 29.2 Å². The number of para-hydroxylation sites is 2. The van der Waals surface area contributed by atoms with E-state index in [1.165, 1.54) is 0 Å². The van der Waals surface area contributed by atoms with Crippen molar-refractivity contribution in [1.29, 1.82) is 0 Å². The van der Waals surface area contributed by atoms with Crippen molar-refractivity contribution >= 4 is 23.4 Å². The molecule has 1 fully saturated rings. The minimum atomic E-state index is -0.561. The van der Waals surface area contributed by atoms with Crippen LogP contribution in [-0.4, -0.2) is 93.2 Å². The van der Waals surface area contributed by atoms with Gasteiger partial charge in [0.2, 0.25) is 11.8 Å². The molecule has 0 saturated carbocycles. The van der Waals surface area contributed by atoms with Gasteiger partial charge in [-0.2, -0.15) is 0 Å². The number of carbonyl (C=O) groups excluding carboxylic acids is 3. The van der Waals surface area contributed by atoms with E-state index in [2.05, 4.69) is 10.2 Å². The predicted molar refractivity (Wildman–Crippen MR) is 116 cm³/mol. The van der Waals surface area contributed by atoms with Crippen LogP contribution in [0.2, 0.25) is 0 Å². The summed E-state index contributed by atoms with van der Waals surface area (Å²) < 4.78 is 10.6. The average Bonchev–Trinajstić information content (AvgIpc) is 2.77. The van der Waals surface area contributed by atoms with Crippen LogP contribution in [-0.2, 0) is 19.1 Å². The Morgan fingerprint density at radius 2 is 1.94 bits per heavy atom. The Balaban J connectivity index is 1.42. The van der Waals surface area contributed by atoms with Crippen LogP contribution in [0.4, 0.5) is 5.69 Å². The van der Waals surface area contributed by atoms with Gasteiger partial charge in [0.05, 0.1) is 12.2 Å². The van der Waals surface area contributed by atoms with E-state index in [1.54, 1.807) is 18.9 Å².